The Balaban J connectivity index is 1.49. The molecule has 5 aliphatic carbocycles. The highest BCUT2D eigenvalue weighted by Gasteiger charge is 2.78. The van der Waals surface area contributed by atoms with E-state index < -0.39 is 8.32 Å². The quantitative estimate of drug-likeness (QED) is 0.536. The molecule has 0 aromatic rings. The molecule has 0 aliphatic heterocycles. The van der Waals surface area contributed by atoms with Crippen LogP contribution in [0.25, 0.3) is 0 Å². The van der Waals surface area contributed by atoms with Crippen LogP contribution in [0.5, 0.6) is 0 Å². The molecule has 1 spiro atoms. The van der Waals surface area contributed by atoms with E-state index in [1.165, 1.54) is 19.3 Å². The Morgan fingerprint density at radius 1 is 0.966 bits per heavy atom. The predicted molar refractivity (Wildman–Crippen MR) is 117 cm³/mol. The largest absolute Gasteiger partial charge is 0.413 e. The van der Waals surface area contributed by atoms with E-state index in [-0.39, 0.29) is 15.9 Å². The maximum Gasteiger partial charge on any atom is 0.192 e. The van der Waals surface area contributed by atoms with Gasteiger partial charge in [-0.05, 0) is 79.8 Å². The fraction of sp³-hybridized carbons (Fsp3) is 0.920. The summed E-state index contributed by atoms with van der Waals surface area (Å²) in [6.45, 7) is 14.0. The molecular weight excluding hydrogens is 376 g/mol. The van der Waals surface area contributed by atoms with Crippen molar-refractivity contribution in [2.75, 3.05) is 0 Å². The zero-order chi connectivity index (χ0) is 21.0. The van der Waals surface area contributed by atoms with Gasteiger partial charge in [0, 0.05) is 30.1 Å². The van der Waals surface area contributed by atoms with E-state index >= 15 is 0 Å². The summed E-state index contributed by atoms with van der Waals surface area (Å²) >= 11 is 0. The number of rotatable bonds is 2. The molecule has 0 radical (unpaired) electrons. The third kappa shape index (κ3) is 2.57. The van der Waals surface area contributed by atoms with E-state index in [0.717, 1.165) is 32.1 Å². The Hall–Kier alpha value is -0.483. The minimum absolute atomic E-state index is 0.0602. The van der Waals surface area contributed by atoms with Gasteiger partial charge < -0.3 is 4.43 Å². The van der Waals surface area contributed by atoms with E-state index in [0.29, 0.717) is 47.3 Å². The number of hydrogen-bond donors (Lipinski definition) is 0. The molecule has 0 bridgehead atoms. The first-order valence-corrected chi connectivity index (χ1v) is 15.1. The van der Waals surface area contributed by atoms with Gasteiger partial charge in [0.2, 0.25) is 0 Å². The summed E-state index contributed by atoms with van der Waals surface area (Å²) in [7, 11) is -1.87. The van der Waals surface area contributed by atoms with Gasteiger partial charge in [-0.3, -0.25) is 9.59 Å². The van der Waals surface area contributed by atoms with Crippen LogP contribution < -0.4 is 0 Å². The molecule has 0 amide bonds. The Kier molecular flexibility index (Phi) is 4.27. The molecule has 5 aliphatic rings. The molecule has 8 atom stereocenters. The lowest BCUT2D eigenvalue weighted by molar-refractivity contribution is -0.136. The van der Waals surface area contributed by atoms with Crippen LogP contribution in [0.1, 0.15) is 79.1 Å². The maximum absolute atomic E-state index is 12.7. The standard InChI is InChI=1S/C25H40O3Si/c1-23(2,3)29(5,6)28-22-20-14-16(26)13-15-7-8-17-18-9-10-21(27)24(18,4)12-11-19(17)25(15,20)22/h15,17-20,22H,7-14H2,1-6H3/t15-,17-,18-,19-,20-,22?,24-,25+/m0/s1. The number of fused-ring (bicyclic) bond motifs is 3. The third-order valence-electron chi connectivity index (χ3n) is 10.9. The number of carbonyl (C=O) groups is 2. The van der Waals surface area contributed by atoms with E-state index in [2.05, 4.69) is 40.8 Å². The molecule has 162 valence electrons. The van der Waals surface area contributed by atoms with E-state index in [1.54, 1.807) is 0 Å². The lowest BCUT2D eigenvalue weighted by Gasteiger charge is -2.55. The van der Waals surface area contributed by atoms with Crippen LogP contribution in [0.2, 0.25) is 18.1 Å². The van der Waals surface area contributed by atoms with Gasteiger partial charge in [0.25, 0.3) is 0 Å². The summed E-state index contributed by atoms with van der Waals surface area (Å²) in [5.41, 5.74) is 0.189. The van der Waals surface area contributed by atoms with Crippen molar-refractivity contribution in [1.29, 1.82) is 0 Å². The van der Waals surface area contributed by atoms with Crippen LogP contribution in [0.15, 0.2) is 0 Å². The molecule has 29 heavy (non-hydrogen) atoms. The summed E-state index contributed by atoms with van der Waals surface area (Å²) in [6, 6.07) is 0. The van der Waals surface area contributed by atoms with Crippen molar-refractivity contribution in [3.8, 4) is 0 Å². The third-order valence-corrected chi connectivity index (χ3v) is 15.3. The molecule has 5 saturated carbocycles. The molecule has 0 aromatic heterocycles. The zero-order valence-electron chi connectivity index (χ0n) is 19.3. The summed E-state index contributed by atoms with van der Waals surface area (Å²) < 4.78 is 7.10. The summed E-state index contributed by atoms with van der Waals surface area (Å²) in [5.74, 6) is 3.94. The fourth-order valence-electron chi connectivity index (χ4n) is 8.36. The van der Waals surface area contributed by atoms with Gasteiger partial charge in [0.05, 0.1) is 6.10 Å². The Morgan fingerprint density at radius 3 is 2.38 bits per heavy atom. The van der Waals surface area contributed by atoms with Gasteiger partial charge >= 0.3 is 0 Å². The lowest BCUT2D eigenvalue weighted by atomic mass is 9.49. The Bertz CT molecular complexity index is 752. The Morgan fingerprint density at radius 2 is 1.69 bits per heavy atom. The molecule has 0 aromatic carbocycles. The van der Waals surface area contributed by atoms with E-state index in [1.807, 2.05) is 0 Å². The van der Waals surface area contributed by atoms with Gasteiger partial charge in [-0.1, -0.05) is 27.7 Å². The first-order chi connectivity index (χ1) is 13.4. The van der Waals surface area contributed by atoms with E-state index in [4.69, 9.17) is 4.43 Å². The Labute approximate surface area is 177 Å². The minimum Gasteiger partial charge on any atom is -0.413 e. The molecule has 0 N–H and O–H groups in total. The monoisotopic (exact) mass is 416 g/mol. The average Bonchev–Trinajstić information content (AvgIpc) is 3.10. The summed E-state index contributed by atoms with van der Waals surface area (Å²) in [5, 5.41) is 0.200. The normalized spacial score (nSPS) is 49.2. The van der Waals surface area contributed by atoms with Gasteiger partial charge in [-0.15, -0.1) is 0 Å². The maximum atomic E-state index is 12.7. The van der Waals surface area contributed by atoms with Crippen LogP contribution >= 0.6 is 0 Å². The molecule has 0 heterocycles. The topological polar surface area (TPSA) is 43.4 Å². The average molecular weight is 417 g/mol. The van der Waals surface area contributed by atoms with Gasteiger partial charge in [0.1, 0.15) is 11.6 Å². The highest BCUT2D eigenvalue weighted by molar-refractivity contribution is 6.74. The number of carbonyl (C=O) groups excluding carboxylic acids is 2. The van der Waals surface area contributed by atoms with Gasteiger partial charge in [-0.25, -0.2) is 0 Å². The highest BCUT2D eigenvalue weighted by Crippen LogP contribution is 2.77. The molecule has 1 unspecified atom stereocenters. The molecular formula is C25H40O3Si. The van der Waals surface area contributed by atoms with Crippen molar-refractivity contribution in [3.05, 3.63) is 0 Å². The number of ketones is 2. The predicted octanol–water partition coefficient (Wildman–Crippen LogP) is 5.78. The first-order valence-electron chi connectivity index (χ1n) is 12.2. The molecule has 5 fully saturated rings. The van der Waals surface area contributed by atoms with Crippen LogP contribution in [-0.4, -0.2) is 26.0 Å². The van der Waals surface area contributed by atoms with Gasteiger partial charge in [-0.2, -0.15) is 0 Å². The molecule has 0 saturated heterocycles. The van der Waals surface area contributed by atoms with Crippen molar-refractivity contribution >= 4 is 19.9 Å². The SMILES string of the molecule is CC(C)(C)[Si](C)(C)OC1[C@@H]2CC(=O)C[C@@H]3CC[C@@H]4[C@H](CC[C@]5(C)C(=O)CC[C@@H]45)[C@]132. The first kappa shape index (κ1) is 20.4. The van der Waals surface area contributed by atoms with Crippen molar-refractivity contribution in [3.63, 3.8) is 0 Å². The lowest BCUT2D eigenvalue weighted by Crippen LogP contribution is -2.51. The minimum atomic E-state index is -1.87. The highest BCUT2D eigenvalue weighted by atomic mass is 28.4. The van der Waals surface area contributed by atoms with Crippen LogP contribution in [0.4, 0.5) is 0 Å². The molecule has 5 rings (SSSR count). The second kappa shape index (κ2) is 6.06. The van der Waals surface area contributed by atoms with E-state index in [9.17, 15) is 9.59 Å². The summed E-state index contributed by atoms with van der Waals surface area (Å²) in [6.07, 6.45) is 8.41. The molecule has 4 heteroatoms. The van der Waals surface area contributed by atoms with Crippen molar-refractivity contribution in [2.24, 2.45) is 40.4 Å². The summed E-state index contributed by atoms with van der Waals surface area (Å²) in [4.78, 5) is 25.3. The number of Topliss-reactive ketones (excluding diaryl/α,β-unsaturated/α-hetero) is 2. The van der Waals surface area contributed by atoms with Crippen molar-refractivity contribution in [2.45, 2.75) is 103 Å². The van der Waals surface area contributed by atoms with Crippen molar-refractivity contribution in [1.82, 2.24) is 0 Å². The van der Waals surface area contributed by atoms with Crippen LogP contribution in [0, 0.1) is 40.4 Å². The van der Waals surface area contributed by atoms with Crippen LogP contribution in [-0.2, 0) is 14.0 Å². The van der Waals surface area contributed by atoms with Gasteiger partial charge in [0.15, 0.2) is 8.32 Å². The molecule has 3 nitrogen and oxygen atoms in total. The zero-order valence-corrected chi connectivity index (χ0v) is 20.3. The fourth-order valence-corrected chi connectivity index (χ4v) is 9.72. The second-order valence-electron chi connectivity index (χ2n) is 12.9. The second-order valence-corrected chi connectivity index (χ2v) is 17.7. The smallest absolute Gasteiger partial charge is 0.192 e. The van der Waals surface area contributed by atoms with Crippen molar-refractivity contribution < 1.29 is 14.0 Å². The van der Waals surface area contributed by atoms with Crippen LogP contribution in [0.3, 0.4) is 0 Å². The number of hydrogen-bond acceptors (Lipinski definition) is 3.